The lowest BCUT2D eigenvalue weighted by molar-refractivity contribution is -0.118. The Hall–Kier alpha value is -2.90. The standard InChI is InChI=1S/C22H20N2O3S2/c1-26-17-10-11-18(27-2)21-20(17)23-22(29-21)24(14-15-7-4-3-5-8-15)19(25)13-16-9-6-12-28-16/h3-12H,13-14H2,1-2H3. The largest absolute Gasteiger partial charge is 0.495 e. The van der Waals surface area contributed by atoms with Gasteiger partial charge in [0.1, 0.15) is 21.7 Å². The van der Waals surface area contributed by atoms with Crippen molar-refractivity contribution in [2.45, 2.75) is 13.0 Å². The van der Waals surface area contributed by atoms with Gasteiger partial charge in [0, 0.05) is 4.88 Å². The number of amides is 1. The molecule has 2 aromatic heterocycles. The average molecular weight is 425 g/mol. The molecule has 0 atom stereocenters. The number of thiazole rings is 1. The van der Waals surface area contributed by atoms with Gasteiger partial charge in [-0.3, -0.25) is 9.69 Å². The van der Waals surface area contributed by atoms with Crippen molar-refractivity contribution in [1.82, 2.24) is 4.98 Å². The van der Waals surface area contributed by atoms with Gasteiger partial charge in [0.15, 0.2) is 5.13 Å². The van der Waals surface area contributed by atoms with Gasteiger partial charge in [0.25, 0.3) is 0 Å². The lowest BCUT2D eigenvalue weighted by Gasteiger charge is -2.19. The first kappa shape index (κ1) is 19.4. The van der Waals surface area contributed by atoms with E-state index in [1.165, 1.54) is 11.3 Å². The van der Waals surface area contributed by atoms with E-state index in [0.717, 1.165) is 20.9 Å². The maximum atomic E-state index is 13.2. The summed E-state index contributed by atoms with van der Waals surface area (Å²) < 4.78 is 11.8. The SMILES string of the molecule is COc1ccc(OC)c2sc(N(Cc3ccccc3)C(=O)Cc3cccs3)nc12. The van der Waals surface area contributed by atoms with Gasteiger partial charge in [-0.2, -0.15) is 0 Å². The lowest BCUT2D eigenvalue weighted by atomic mass is 10.2. The smallest absolute Gasteiger partial charge is 0.234 e. The molecule has 0 saturated heterocycles. The molecule has 0 N–H and O–H groups in total. The van der Waals surface area contributed by atoms with Crippen LogP contribution >= 0.6 is 22.7 Å². The van der Waals surface area contributed by atoms with E-state index in [1.54, 1.807) is 30.5 Å². The normalized spacial score (nSPS) is 10.8. The van der Waals surface area contributed by atoms with Crippen molar-refractivity contribution in [2.24, 2.45) is 0 Å². The number of fused-ring (bicyclic) bond motifs is 1. The second kappa shape index (κ2) is 8.63. The number of hydrogen-bond donors (Lipinski definition) is 0. The van der Waals surface area contributed by atoms with Crippen molar-refractivity contribution < 1.29 is 14.3 Å². The first-order chi connectivity index (χ1) is 14.2. The molecule has 0 saturated carbocycles. The van der Waals surface area contributed by atoms with Gasteiger partial charge in [-0.25, -0.2) is 4.98 Å². The zero-order valence-corrected chi connectivity index (χ0v) is 17.8. The number of nitrogens with zero attached hydrogens (tertiary/aromatic N) is 2. The minimum absolute atomic E-state index is 0.00768. The molecule has 1 amide bonds. The summed E-state index contributed by atoms with van der Waals surface area (Å²) in [5.41, 5.74) is 1.75. The van der Waals surface area contributed by atoms with E-state index in [2.05, 4.69) is 0 Å². The maximum Gasteiger partial charge on any atom is 0.234 e. The van der Waals surface area contributed by atoms with Gasteiger partial charge in [0.05, 0.1) is 27.2 Å². The Kier molecular flexibility index (Phi) is 5.78. The molecule has 0 fully saturated rings. The molecule has 148 valence electrons. The zero-order valence-electron chi connectivity index (χ0n) is 16.1. The highest BCUT2D eigenvalue weighted by Gasteiger charge is 2.23. The Morgan fingerprint density at radius 1 is 1.00 bits per heavy atom. The van der Waals surface area contributed by atoms with E-state index in [1.807, 2.05) is 60.0 Å². The average Bonchev–Trinajstić information content (AvgIpc) is 3.42. The number of carbonyl (C=O) groups is 1. The molecule has 0 bridgehead atoms. The van der Waals surface area contributed by atoms with Gasteiger partial charge in [-0.15, -0.1) is 11.3 Å². The number of methoxy groups -OCH3 is 2. The molecule has 2 aromatic carbocycles. The molecule has 5 nitrogen and oxygen atoms in total. The van der Waals surface area contributed by atoms with Crippen LogP contribution in [0.5, 0.6) is 11.5 Å². The molecule has 0 unspecified atom stereocenters. The topological polar surface area (TPSA) is 51.7 Å². The summed E-state index contributed by atoms with van der Waals surface area (Å²) >= 11 is 3.02. The minimum Gasteiger partial charge on any atom is -0.495 e. The highest BCUT2D eigenvalue weighted by Crippen LogP contribution is 2.40. The van der Waals surface area contributed by atoms with Crippen molar-refractivity contribution in [1.29, 1.82) is 0 Å². The summed E-state index contributed by atoms with van der Waals surface area (Å²) in [5, 5.41) is 2.62. The zero-order chi connectivity index (χ0) is 20.2. The van der Waals surface area contributed by atoms with Gasteiger partial charge in [-0.1, -0.05) is 47.7 Å². The fraction of sp³-hybridized carbons (Fsp3) is 0.182. The predicted octanol–water partition coefficient (Wildman–Crippen LogP) is 5.15. The van der Waals surface area contributed by atoms with E-state index < -0.39 is 0 Å². The lowest BCUT2D eigenvalue weighted by Crippen LogP contribution is -2.31. The maximum absolute atomic E-state index is 13.2. The van der Waals surface area contributed by atoms with Gasteiger partial charge in [-0.05, 0) is 29.1 Å². The van der Waals surface area contributed by atoms with Crippen LogP contribution < -0.4 is 14.4 Å². The summed E-state index contributed by atoms with van der Waals surface area (Å²) in [6.07, 6.45) is 0.342. The first-order valence-corrected chi connectivity index (χ1v) is 10.8. The molecule has 0 radical (unpaired) electrons. The van der Waals surface area contributed by atoms with Gasteiger partial charge < -0.3 is 9.47 Å². The Morgan fingerprint density at radius 3 is 2.45 bits per heavy atom. The van der Waals surface area contributed by atoms with Crippen LogP contribution in [0.25, 0.3) is 10.2 Å². The second-order valence-electron chi connectivity index (χ2n) is 6.37. The monoisotopic (exact) mass is 424 g/mol. The second-order valence-corrected chi connectivity index (χ2v) is 8.38. The third-order valence-corrected chi connectivity index (χ3v) is 6.49. The van der Waals surface area contributed by atoms with Crippen LogP contribution in [0.15, 0.2) is 60.0 Å². The van der Waals surface area contributed by atoms with Crippen molar-refractivity contribution in [3.8, 4) is 11.5 Å². The number of rotatable bonds is 7. The molecule has 29 heavy (non-hydrogen) atoms. The fourth-order valence-corrected chi connectivity index (χ4v) is 4.86. The molecular weight excluding hydrogens is 404 g/mol. The number of ether oxygens (including phenoxy) is 2. The Bertz CT molecular complexity index is 1070. The number of aromatic nitrogens is 1. The Morgan fingerprint density at radius 2 is 1.76 bits per heavy atom. The molecule has 0 aliphatic carbocycles. The van der Waals surface area contributed by atoms with Crippen LogP contribution in [-0.2, 0) is 17.8 Å². The van der Waals surface area contributed by atoms with Gasteiger partial charge in [0.2, 0.25) is 5.91 Å². The molecule has 2 heterocycles. The number of benzene rings is 2. The Balaban J connectivity index is 1.76. The van der Waals surface area contributed by atoms with E-state index in [9.17, 15) is 4.79 Å². The number of hydrogen-bond acceptors (Lipinski definition) is 6. The molecule has 0 aliphatic rings. The van der Waals surface area contributed by atoms with Crippen LogP contribution in [0.2, 0.25) is 0 Å². The quantitative estimate of drug-likeness (QED) is 0.412. The van der Waals surface area contributed by atoms with Crippen molar-refractivity contribution >= 4 is 43.9 Å². The summed E-state index contributed by atoms with van der Waals surface area (Å²) in [5.74, 6) is 1.39. The summed E-state index contributed by atoms with van der Waals surface area (Å²) in [6, 6.07) is 17.6. The van der Waals surface area contributed by atoms with Crippen LogP contribution in [0, 0.1) is 0 Å². The van der Waals surface area contributed by atoms with E-state index >= 15 is 0 Å². The van der Waals surface area contributed by atoms with Gasteiger partial charge >= 0.3 is 0 Å². The Labute approximate surface area is 177 Å². The molecule has 0 spiro atoms. The highest BCUT2D eigenvalue weighted by molar-refractivity contribution is 7.22. The molecule has 7 heteroatoms. The molecule has 4 rings (SSSR count). The first-order valence-electron chi connectivity index (χ1n) is 9.07. The number of anilines is 1. The molecule has 0 aliphatic heterocycles. The van der Waals surface area contributed by atoms with E-state index in [-0.39, 0.29) is 5.91 Å². The third-order valence-electron chi connectivity index (χ3n) is 4.52. The highest BCUT2D eigenvalue weighted by atomic mass is 32.1. The number of thiophene rings is 1. The molecular formula is C22H20N2O3S2. The van der Waals surface area contributed by atoms with Crippen LogP contribution in [0.4, 0.5) is 5.13 Å². The summed E-state index contributed by atoms with van der Waals surface area (Å²) in [4.78, 5) is 20.8. The van der Waals surface area contributed by atoms with Crippen LogP contribution in [0.1, 0.15) is 10.4 Å². The fourth-order valence-electron chi connectivity index (χ4n) is 3.08. The summed E-state index contributed by atoms with van der Waals surface area (Å²) in [6.45, 7) is 0.454. The minimum atomic E-state index is 0.00768. The third kappa shape index (κ3) is 4.11. The van der Waals surface area contributed by atoms with Crippen molar-refractivity contribution in [2.75, 3.05) is 19.1 Å². The molecule has 4 aromatic rings. The van der Waals surface area contributed by atoms with Crippen molar-refractivity contribution in [3.63, 3.8) is 0 Å². The van der Waals surface area contributed by atoms with Crippen LogP contribution in [-0.4, -0.2) is 25.1 Å². The van der Waals surface area contributed by atoms with E-state index in [4.69, 9.17) is 14.5 Å². The van der Waals surface area contributed by atoms with Crippen LogP contribution in [0.3, 0.4) is 0 Å². The predicted molar refractivity (Wildman–Crippen MR) is 118 cm³/mol. The van der Waals surface area contributed by atoms with Crippen molar-refractivity contribution in [3.05, 3.63) is 70.4 Å². The van der Waals surface area contributed by atoms with E-state index in [0.29, 0.717) is 29.4 Å². The number of carbonyl (C=O) groups excluding carboxylic acids is 1. The summed E-state index contributed by atoms with van der Waals surface area (Å²) in [7, 11) is 3.24.